The largest absolute Gasteiger partial charge is 0.509 e. The van der Waals surface area contributed by atoms with E-state index in [9.17, 15) is 39.0 Å². The van der Waals surface area contributed by atoms with E-state index in [1.54, 1.807) is 66.7 Å². The summed E-state index contributed by atoms with van der Waals surface area (Å²) in [6, 6.07) is 6.47. The van der Waals surface area contributed by atoms with Crippen molar-refractivity contribution in [3.63, 3.8) is 0 Å². The molecule has 1 amide bonds. The van der Waals surface area contributed by atoms with Crippen molar-refractivity contribution < 1.29 is 81.7 Å². The second-order valence-corrected chi connectivity index (χ2v) is 19.0. The van der Waals surface area contributed by atoms with Crippen LogP contribution in [0.1, 0.15) is 99.4 Å². The van der Waals surface area contributed by atoms with Crippen LogP contribution in [0, 0.1) is 22.7 Å². The van der Waals surface area contributed by atoms with E-state index in [-0.39, 0.29) is 42.1 Å². The molecular weight excluding hydrogens is 814 g/mol. The van der Waals surface area contributed by atoms with Gasteiger partial charge in [0.1, 0.15) is 11.7 Å². The van der Waals surface area contributed by atoms with Crippen molar-refractivity contribution in [1.29, 1.82) is 0 Å². The lowest BCUT2D eigenvalue weighted by atomic mass is 9.44. The van der Waals surface area contributed by atoms with E-state index in [0.717, 1.165) is 13.8 Å². The van der Waals surface area contributed by atoms with Gasteiger partial charge in [0.05, 0.1) is 35.6 Å². The molecule has 1 aromatic carbocycles. The van der Waals surface area contributed by atoms with E-state index in [4.69, 9.17) is 37.9 Å². The Morgan fingerprint density at radius 2 is 1.61 bits per heavy atom. The number of fused-ring (bicyclic) bond motifs is 4. The molecule has 18 heteroatoms. The summed E-state index contributed by atoms with van der Waals surface area (Å²) in [4.78, 5) is 97.3. The molecule has 0 aromatic heterocycles. The molecule has 0 radical (unpaired) electrons. The number of Topliss-reactive ketones (excluding diaryl/α,β-unsaturated/α-hetero) is 1. The van der Waals surface area contributed by atoms with Crippen LogP contribution >= 0.6 is 0 Å². The fourth-order valence-electron chi connectivity index (χ4n) is 10.4. The molecule has 3 aliphatic carbocycles. The van der Waals surface area contributed by atoms with Gasteiger partial charge in [0, 0.05) is 25.7 Å². The number of aliphatic hydroxyl groups excluding tert-OH is 2. The molecule has 2 saturated carbocycles. The van der Waals surface area contributed by atoms with Crippen LogP contribution in [0.15, 0.2) is 41.5 Å². The van der Waals surface area contributed by atoms with Crippen molar-refractivity contribution in [2.45, 2.75) is 155 Å². The van der Waals surface area contributed by atoms with Gasteiger partial charge >= 0.3 is 36.1 Å². The SMILES string of the molecule is CC(=O)O[C@H]1C(=O)[C@]2(C)[C@H](O)C[C@H]3OC[C@@]3(OC(C)=O)[C@H]2[C@H](OC(=O)c2ccccc2)[C@]23OC(=O)O[C@H]2[C@H](OC(=O)[C@H](O)[C@H](CC(C)C)NC(=O)OC(C)(C)C)C(C)=C1C3(C)C. The molecular formula is C44H57NO17. The van der Waals surface area contributed by atoms with Crippen LogP contribution in [0.5, 0.6) is 0 Å². The van der Waals surface area contributed by atoms with Gasteiger partial charge in [-0.15, -0.1) is 0 Å². The molecule has 18 nitrogen and oxygen atoms in total. The normalized spacial score (nSPS) is 34.2. The van der Waals surface area contributed by atoms with Crippen LogP contribution in [0.2, 0.25) is 0 Å². The average Bonchev–Trinajstić information content (AvgIpc) is 3.52. The molecule has 340 valence electrons. The van der Waals surface area contributed by atoms with Crippen molar-refractivity contribution in [1.82, 2.24) is 5.32 Å². The van der Waals surface area contributed by atoms with Crippen molar-refractivity contribution >= 4 is 41.9 Å². The number of carbonyl (C=O) groups excluding carboxylic acids is 7. The third-order valence-corrected chi connectivity index (χ3v) is 12.9. The molecule has 62 heavy (non-hydrogen) atoms. The minimum Gasteiger partial charge on any atom is -0.454 e. The number of hydrogen-bond donors (Lipinski definition) is 3. The van der Waals surface area contributed by atoms with E-state index in [0.29, 0.717) is 0 Å². The van der Waals surface area contributed by atoms with E-state index >= 15 is 4.79 Å². The Morgan fingerprint density at radius 3 is 2.16 bits per heavy atom. The van der Waals surface area contributed by atoms with E-state index in [2.05, 4.69) is 5.32 Å². The Hall–Kier alpha value is -5.07. The number of aliphatic hydroxyl groups is 2. The van der Waals surface area contributed by atoms with Crippen molar-refractivity contribution in [3.8, 4) is 0 Å². The van der Waals surface area contributed by atoms with Gasteiger partial charge in [-0.2, -0.15) is 0 Å². The number of alkyl carbamates (subject to hydrolysis) is 1. The maximum absolute atomic E-state index is 15.6. The van der Waals surface area contributed by atoms with E-state index in [1.807, 2.05) is 0 Å². The Kier molecular flexibility index (Phi) is 12.2. The van der Waals surface area contributed by atoms with Crippen molar-refractivity contribution in [3.05, 3.63) is 47.0 Å². The highest BCUT2D eigenvalue weighted by Gasteiger charge is 2.83. The van der Waals surface area contributed by atoms with Gasteiger partial charge in [-0.05, 0) is 70.2 Å². The predicted molar refractivity (Wildman–Crippen MR) is 212 cm³/mol. The van der Waals surface area contributed by atoms with Crippen molar-refractivity contribution in [2.75, 3.05) is 6.61 Å². The molecule has 6 rings (SSSR count). The maximum atomic E-state index is 15.6. The minimum absolute atomic E-state index is 0.0261. The van der Waals surface area contributed by atoms with Gasteiger partial charge < -0.3 is 53.4 Å². The average molecular weight is 872 g/mol. The maximum Gasteiger partial charge on any atom is 0.509 e. The van der Waals surface area contributed by atoms with Gasteiger partial charge in [-0.1, -0.05) is 45.9 Å². The topological polar surface area (TPSA) is 246 Å². The summed E-state index contributed by atoms with van der Waals surface area (Å²) in [6.07, 6.45) is -14.5. The van der Waals surface area contributed by atoms with Gasteiger partial charge in [-0.25, -0.2) is 19.2 Å². The fraction of sp³-hybridized carbons (Fsp3) is 0.659. The number of amides is 1. The van der Waals surface area contributed by atoms with E-state index < -0.39 is 124 Å². The van der Waals surface area contributed by atoms with Crippen LogP contribution < -0.4 is 5.32 Å². The monoisotopic (exact) mass is 871 g/mol. The zero-order valence-corrected chi connectivity index (χ0v) is 36.8. The zero-order chi connectivity index (χ0) is 46.1. The molecule has 2 bridgehead atoms. The van der Waals surface area contributed by atoms with Crippen LogP contribution in [0.25, 0.3) is 0 Å². The highest BCUT2D eigenvalue weighted by molar-refractivity contribution is 5.96. The number of carbonyl (C=O) groups is 7. The van der Waals surface area contributed by atoms with Gasteiger partial charge in [0.25, 0.3) is 0 Å². The summed E-state index contributed by atoms with van der Waals surface area (Å²) < 4.78 is 48.1. The molecule has 3 N–H and O–H groups in total. The number of esters is 4. The minimum atomic E-state index is -2.36. The summed E-state index contributed by atoms with van der Waals surface area (Å²) in [5.74, 6) is -6.73. The Morgan fingerprint density at radius 1 is 0.968 bits per heavy atom. The predicted octanol–water partition coefficient (Wildman–Crippen LogP) is 3.66. The molecule has 2 saturated heterocycles. The van der Waals surface area contributed by atoms with Crippen LogP contribution in [-0.4, -0.2) is 124 Å². The van der Waals surface area contributed by atoms with Gasteiger partial charge in [-0.3, -0.25) is 14.4 Å². The second kappa shape index (κ2) is 16.2. The lowest BCUT2D eigenvalue weighted by Crippen LogP contribution is -2.83. The Labute approximate surface area is 359 Å². The molecule has 12 atom stereocenters. The first-order chi connectivity index (χ1) is 28.7. The second-order valence-electron chi connectivity index (χ2n) is 19.0. The molecule has 2 heterocycles. The Bertz CT molecular complexity index is 2040. The smallest absolute Gasteiger partial charge is 0.454 e. The summed E-state index contributed by atoms with van der Waals surface area (Å²) >= 11 is 0. The number of ether oxygens (including phenoxy) is 8. The summed E-state index contributed by atoms with van der Waals surface area (Å²) in [5, 5.41) is 26.3. The summed E-state index contributed by atoms with van der Waals surface area (Å²) in [6.45, 7) is 16.2. The highest BCUT2D eigenvalue weighted by atomic mass is 16.8. The number of ketones is 1. The number of benzene rings is 1. The lowest BCUT2D eigenvalue weighted by Gasteiger charge is -2.67. The van der Waals surface area contributed by atoms with Crippen LogP contribution in [0.3, 0.4) is 0 Å². The first kappa shape index (κ1) is 46.4. The third-order valence-electron chi connectivity index (χ3n) is 12.9. The Balaban J connectivity index is 1.61. The highest BCUT2D eigenvalue weighted by Crippen LogP contribution is 2.67. The van der Waals surface area contributed by atoms with Crippen LogP contribution in [-0.2, 0) is 57.1 Å². The number of hydrogen-bond acceptors (Lipinski definition) is 17. The molecule has 1 spiro atoms. The first-order valence-electron chi connectivity index (χ1n) is 20.7. The number of nitrogens with one attached hydrogen (secondary N) is 1. The third kappa shape index (κ3) is 7.61. The molecule has 5 aliphatic rings. The standard InChI is InChI=1S/C44H57NO17/c1-20(2)17-25(45-38(53)61-40(6,7)8)29(49)37(52)57-30-21(3)28-31(56-22(4)46)33(50)42(11)26(48)18-27-43(19-55-27,60-23(5)47)32(42)35(58-36(51)24-15-13-12-14-16-24)44(41(28,9)10)34(30)59-39(54)62-44/h12-16,20,25-27,29-32,34-35,48-49H,17-19H2,1-11H3,(H,45,53)/t25-,26+,27+,29+,30+,31+,32-,34-,35-,42+,43-,44+/m0/s1. The molecule has 2 aliphatic heterocycles. The van der Waals surface area contributed by atoms with Crippen molar-refractivity contribution in [2.24, 2.45) is 22.7 Å². The quantitative estimate of drug-likeness (QED) is 0.173. The summed E-state index contributed by atoms with van der Waals surface area (Å²) in [5.41, 5.74) is -8.99. The van der Waals surface area contributed by atoms with Crippen LogP contribution in [0.4, 0.5) is 9.59 Å². The molecule has 0 unspecified atom stereocenters. The number of rotatable bonds is 10. The fourth-order valence-corrected chi connectivity index (χ4v) is 10.4. The zero-order valence-electron chi connectivity index (χ0n) is 36.8. The van der Waals surface area contributed by atoms with Gasteiger partial charge in [0.2, 0.25) is 5.60 Å². The van der Waals surface area contributed by atoms with E-state index in [1.165, 1.54) is 26.0 Å². The molecule has 4 fully saturated rings. The molecule has 1 aromatic rings. The first-order valence-corrected chi connectivity index (χ1v) is 20.7. The lowest BCUT2D eigenvalue weighted by molar-refractivity contribution is -0.345. The van der Waals surface area contributed by atoms with Gasteiger partial charge in [0.15, 0.2) is 41.9 Å². The summed E-state index contributed by atoms with van der Waals surface area (Å²) in [7, 11) is 0.